The number of benzene rings is 3. The van der Waals surface area contributed by atoms with Crippen LogP contribution >= 0.6 is 0 Å². The molecule has 4 rings (SSSR count). The first-order chi connectivity index (χ1) is 27.6. The van der Waals surface area contributed by atoms with Gasteiger partial charge in [0.15, 0.2) is 17.3 Å². The Morgan fingerprint density at radius 1 is 0.825 bits per heavy atom. The second-order valence-electron chi connectivity index (χ2n) is 15.9. The lowest BCUT2D eigenvalue weighted by atomic mass is 9.91. The molecule has 4 aromatic rings. The van der Waals surface area contributed by atoms with Crippen LogP contribution in [0.3, 0.4) is 0 Å². The number of Topliss-reactive ketones (excluding diaryl/α,β-unsaturated/α-hetero) is 1. The molecular weight excluding hydrogens is 711 g/mol. The van der Waals surface area contributed by atoms with Gasteiger partial charge in [0.25, 0.3) is 0 Å². The molecule has 8 heteroatoms. The van der Waals surface area contributed by atoms with Gasteiger partial charge in [-0.15, -0.1) is 0 Å². The van der Waals surface area contributed by atoms with Crippen LogP contribution in [-0.4, -0.2) is 54.1 Å². The number of rotatable bonds is 26. The lowest BCUT2D eigenvalue weighted by Gasteiger charge is -2.17. The monoisotopic (exact) mass is 775 g/mol. The molecule has 5 N–H and O–H groups in total. The van der Waals surface area contributed by atoms with Crippen molar-refractivity contribution in [1.82, 2.24) is 10.3 Å². The second-order valence-corrected chi connectivity index (χ2v) is 15.9. The fourth-order valence-corrected chi connectivity index (χ4v) is 7.63. The number of carbonyl (C=O) groups is 2. The topological polar surface area (TPSA) is 135 Å². The number of aliphatic hydroxyl groups excluding tert-OH is 1. The van der Waals surface area contributed by atoms with Crippen LogP contribution in [0, 0.1) is 11.8 Å². The number of nitrogens with one attached hydrogen (secondary N) is 1. The Hall–Kier alpha value is -4.79. The van der Waals surface area contributed by atoms with Crippen molar-refractivity contribution in [2.45, 2.75) is 104 Å². The number of pyridine rings is 1. The number of anilines is 1. The van der Waals surface area contributed by atoms with Crippen molar-refractivity contribution < 1.29 is 24.5 Å². The molecule has 0 aliphatic heterocycles. The standard InChI is InChI=1S/C49H65N3O5/c1-35(2)13-11-19-39(32-51-3)16-9-6-10-20-44(54)30-45(55)27-43(34-53)46-31-48(57-4)47(56)28-41(46)26-42-33-52-49(50)29-40(42)24-23-38-18-12-17-37(25-38)22-21-36-14-7-5-8-15-36/h5,7-8,12,14-15,17-18,25,27-29,31,33,35,39,51,53,56H,6,9-11,13,16,19-24,26,30,32,34H2,1-4H3,(H2,50,52)/t39-/m1/s1. The Morgan fingerprint density at radius 3 is 2.23 bits per heavy atom. The van der Waals surface area contributed by atoms with Crippen molar-refractivity contribution in [2.24, 2.45) is 11.8 Å². The van der Waals surface area contributed by atoms with E-state index in [1.165, 1.54) is 49.1 Å². The van der Waals surface area contributed by atoms with Crippen LogP contribution in [0.25, 0.3) is 5.57 Å². The van der Waals surface area contributed by atoms with E-state index in [0.717, 1.165) is 75.0 Å². The van der Waals surface area contributed by atoms with E-state index in [-0.39, 0.29) is 29.5 Å². The third-order valence-corrected chi connectivity index (χ3v) is 10.8. The summed E-state index contributed by atoms with van der Waals surface area (Å²) >= 11 is 0. The molecule has 0 saturated carbocycles. The molecule has 1 aromatic heterocycles. The molecular formula is C49H65N3O5. The van der Waals surface area contributed by atoms with Crippen LogP contribution in [0.2, 0.25) is 0 Å². The highest BCUT2D eigenvalue weighted by molar-refractivity contribution is 6.07. The highest BCUT2D eigenvalue weighted by Gasteiger charge is 2.18. The normalized spacial score (nSPS) is 12.2. The molecule has 0 fully saturated rings. The van der Waals surface area contributed by atoms with Gasteiger partial charge in [0, 0.05) is 12.6 Å². The molecule has 1 atom stereocenters. The molecule has 3 aromatic carbocycles. The molecule has 0 amide bonds. The molecule has 1 heterocycles. The zero-order valence-electron chi connectivity index (χ0n) is 34.7. The maximum absolute atomic E-state index is 13.2. The highest BCUT2D eigenvalue weighted by atomic mass is 16.5. The number of hydrogen-bond acceptors (Lipinski definition) is 8. The average Bonchev–Trinajstić information content (AvgIpc) is 3.19. The first-order valence-corrected chi connectivity index (χ1v) is 20.8. The Bertz CT molecular complexity index is 1890. The van der Waals surface area contributed by atoms with Gasteiger partial charge in [-0.1, -0.05) is 94.1 Å². The summed E-state index contributed by atoms with van der Waals surface area (Å²) in [6.45, 7) is 5.12. The van der Waals surface area contributed by atoms with Gasteiger partial charge in [0.1, 0.15) is 11.6 Å². The van der Waals surface area contributed by atoms with E-state index in [2.05, 4.69) is 72.7 Å². The van der Waals surface area contributed by atoms with Gasteiger partial charge < -0.3 is 26.0 Å². The van der Waals surface area contributed by atoms with Crippen LogP contribution < -0.4 is 15.8 Å². The zero-order chi connectivity index (χ0) is 41.0. The molecule has 0 aliphatic carbocycles. The number of aromatic nitrogens is 1. The van der Waals surface area contributed by atoms with Crippen molar-refractivity contribution in [3.05, 3.63) is 124 Å². The van der Waals surface area contributed by atoms with Gasteiger partial charge in [-0.3, -0.25) is 9.59 Å². The summed E-state index contributed by atoms with van der Waals surface area (Å²) in [5.74, 6) is 1.50. The fourth-order valence-electron chi connectivity index (χ4n) is 7.63. The van der Waals surface area contributed by atoms with Crippen LogP contribution in [0.4, 0.5) is 5.82 Å². The van der Waals surface area contributed by atoms with E-state index >= 15 is 0 Å². The van der Waals surface area contributed by atoms with E-state index in [1.54, 1.807) is 18.3 Å². The van der Waals surface area contributed by atoms with Gasteiger partial charge in [-0.2, -0.15) is 0 Å². The maximum atomic E-state index is 13.2. The molecule has 8 nitrogen and oxygen atoms in total. The highest BCUT2D eigenvalue weighted by Crippen LogP contribution is 2.35. The number of hydrogen-bond donors (Lipinski definition) is 4. The number of nitrogen functional groups attached to an aromatic ring is 1. The summed E-state index contributed by atoms with van der Waals surface area (Å²) in [6, 6.07) is 24.3. The lowest BCUT2D eigenvalue weighted by Crippen LogP contribution is -2.19. The van der Waals surface area contributed by atoms with Gasteiger partial charge in [-0.25, -0.2) is 4.98 Å². The van der Waals surface area contributed by atoms with E-state index in [9.17, 15) is 19.8 Å². The summed E-state index contributed by atoms with van der Waals surface area (Å²) in [5.41, 5.74) is 13.6. The Labute approximate surface area is 341 Å². The van der Waals surface area contributed by atoms with E-state index in [1.807, 2.05) is 19.2 Å². The number of phenolic OH excluding ortho intramolecular Hbond substituents is 1. The predicted molar refractivity (Wildman–Crippen MR) is 233 cm³/mol. The van der Waals surface area contributed by atoms with Crippen molar-refractivity contribution in [3.8, 4) is 11.5 Å². The maximum Gasteiger partial charge on any atom is 0.163 e. The zero-order valence-corrected chi connectivity index (χ0v) is 34.7. The smallest absolute Gasteiger partial charge is 0.163 e. The first-order valence-electron chi connectivity index (χ1n) is 20.8. The van der Waals surface area contributed by atoms with E-state index < -0.39 is 6.61 Å². The first kappa shape index (κ1) is 44.9. The average molecular weight is 776 g/mol. The van der Waals surface area contributed by atoms with Gasteiger partial charge in [0.2, 0.25) is 0 Å². The number of ketones is 2. The summed E-state index contributed by atoms with van der Waals surface area (Å²) in [7, 11) is 3.46. The number of nitrogens with zero attached hydrogens (tertiary/aromatic N) is 1. The minimum atomic E-state index is -0.431. The summed E-state index contributed by atoms with van der Waals surface area (Å²) in [5, 5.41) is 24.7. The van der Waals surface area contributed by atoms with Crippen molar-refractivity contribution in [3.63, 3.8) is 0 Å². The molecule has 0 spiro atoms. The number of aliphatic hydroxyl groups is 1. The summed E-state index contributed by atoms with van der Waals surface area (Å²) in [6.07, 6.45) is 14.8. The second kappa shape index (κ2) is 24.1. The Morgan fingerprint density at radius 2 is 1.53 bits per heavy atom. The Kier molecular flexibility index (Phi) is 19.0. The van der Waals surface area contributed by atoms with E-state index in [4.69, 9.17) is 10.5 Å². The minimum Gasteiger partial charge on any atom is -0.504 e. The predicted octanol–water partition coefficient (Wildman–Crippen LogP) is 9.06. The molecule has 57 heavy (non-hydrogen) atoms. The number of phenols is 1. The van der Waals surface area contributed by atoms with E-state index in [0.29, 0.717) is 41.3 Å². The van der Waals surface area contributed by atoms with Crippen LogP contribution in [0.15, 0.2) is 85.1 Å². The largest absolute Gasteiger partial charge is 0.504 e. The quantitative estimate of drug-likeness (QED) is 0.0282. The number of methoxy groups -OCH3 is 1. The summed E-state index contributed by atoms with van der Waals surface area (Å²) in [4.78, 5) is 30.5. The van der Waals surface area contributed by atoms with Crippen LogP contribution in [0.1, 0.15) is 111 Å². The molecule has 0 radical (unpaired) electrons. The lowest BCUT2D eigenvalue weighted by molar-refractivity contribution is -0.124. The SMILES string of the molecule is CNC[C@H](CCCCCC(=O)CC(=O)C=C(CO)c1cc(OC)c(O)cc1Cc1cnc(N)cc1CCc1cccc(CCc2ccccc2)c1)CCCC(C)C. The molecule has 306 valence electrons. The van der Waals surface area contributed by atoms with Gasteiger partial charge >= 0.3 is 0 Å². The van der Waals surface area contributed by atoms with Gasteiger partial charge in [0.05, 0.1) is 20.1 Å². The number of carbonyl (C=O) groups excluding carboxylic acids is 2. The van der Waals surface area contributed by atoms with Crippen molar-refractivity contribution in [1.29, 1.82) is 0 Å². The number of nitrogens with two attached hydrogens (primary N) is 1. The molecule has 0 aliphatic rings. The van der Waals surface area contributed by atoms with Crippen LogP contribution in [-0.2, 0) is 41.7 Å². The Balaban J connectivity index is 1.40. The van der Waals surface area contributed by atoms with Crippen molar-refractivity contribution in [2.75, 3.05) is 33.0 Å². The number of allylic oxidation sites excluding steroid dienone is 1. The van der Waals surface area contributed by atoms with Crippen molar-refractivity contribution >= 4 is 23.0 Å². The minimum absolute atomic E-state index is 0.0554. The molecule has 0 saturated heterocycles. The molecule has 0 unspecified atom stereocenters. The third-order valence-electron chi connectivity index (χ3n) is 10.8. The number of unbranched alkanes of at least 4 members (excludes halogenated alkanes) is 2. The number of aromatic hydroxyl groups is 1. The van der Waals surface area contributed by atoms with Gasteiger partial charge in [-0.05, 0) is 146 Å². The molecule has 0 bridgehead atoms. The van der Waals surface area contributed by atoms with Crippen LogP contribution in [0.5, 0.6) is 11.5 Å². The third kappa shape index (κ3) is 15.6. The fraction of sp³-hybridized carbons (Fsp3) is 0.449. The summed E-state index contributed by atoms with van der Waals surface area (Å²) < 4.78 is 5.42. The number of aryl methyl sites for hydroxylation is 4. The number of ether oxygens (including phenoxy) is 1.